The number of furan rings is 1. The number of thiazole rings is 1. The lowest BCUT2D eigenvalue weighted by atomic mass is 10.1. The molecular formula is C17H22N4O2S. The van der Waals surface area contributed by atoms with Gasteiger partial charge >= 0.3 is 0 Å². The summed E-state index contributed by atoms with van der Waals surface area (Å²) in [5.74, 6) is 2.71. The van der Waals surface area contributed by atoms with Crippen LogP contribution in [0.5, 0.6) is 5.88 Å². The van der Waals surface area contributed by atoms with Crippen molar-refractivity contribution >= 4 is 16.3 Å². The van der Waals surface area contributed by atoms with Crippen LogP contribution in [0.1, 0.15) is 54.5 Å². The largest absolute Gasteiger partial charge is 0.492 e. The van der Waals surface area contributed by atoms with Crippen molar-refractivity contribution in [1.82, 2.24) is 19.5 Å². The van der Waals surface area contributed by atoms with Gasteiger partial charge in [-0.1, -0.05) is 24.7 Å². The minimum atomic E-state index is -0.0717. The van der Waals surface area contributed by atoms with Crippen LogP contribution in [0.15, 0.2) is 16.5 Å². The second-order valence-corrected chi connectivity index (χ2v) is 7.32. The van der Waals surface area contributed by atoms with E-state index in [4.69, 9.17) is 4.42 Å². The normalized spacial score (nSPS) is 17.6. The van der Waals surface area contributed by atoms with Crippen molar-refractivity contribution in [2.45, 2.75) is 45.6 Å². The number of piperidine rings is 1. The maximum absolute atomic E-state index is 10.8. The van der Waals surface area contributed by atoms with Crippen LogP contribution in [-0.2, 0) is 6.42 Å². The van der Waals surface area contributed by atoms with E-state index < -0.39 is 0 Å². The van der Waals surface area contributed by atoms with E-state index in [2.05, 4.69) is 15.0 Å². The summed E-state index contributed by atoms with van der Waals surface area (Å²) in [6.45, 7) is 5.99. The zero-order valence-electron chi connectivity index (χ0n) is 14.0. The molecule has 3 aromatic rings. The van der Waals surface area contributed by atoms with Crippen LogP contribution in [0.4, 0.5) is 0 Å². The molecule has 3 aromatic heterocycles. The highest BCUT2D eigenvalue weighted by Gasteiger charge is 2.32. The quantitative estimate of drug-likeness (QED) is 0.783. The van der Waals surface area contributed by atoms with Crippen LogP contribution in [0, 0.1) is 6.92 Å². The molecular weight excluding hydrogens is 324 g/mol. The minimum Gasteiger partial charge on any atom is -0.492 e. The van der Waals surface area contributed by atoms with Gasteiger partial charge in [0.1, 0.15) is 17.6 Å². The summed E-state index contributed by atoms with van der Waals surface area (Å²) < 4.78 is 7.49. The van der Waals surface area contributed by atoms with E-state index in [1.54, 1.807) is 4.52 Å². The molecule has 1 aliphatic heterocycles. The lowest BCUT2D eigenvalue weighted by Crippen LogP contribution is -2.33. The fourth-order valence-electron chi connectivity index (χ4n) is 3.37. The molecule has 0 saturated carbocycles. The molecule has 24 heavy (non-hydrogen) atoms. The first-order chi connectivity index (χ1) is 11.7. The highest BCUT2D eigenvalue weighted by molar-refractivity contribution is 7.17. The summed E-state index contributed by atoms with van der Waals surface area (Å²) in [5.41, 5.74) is 0. The Morgan fingerprint density at radius 2 is 2.08 bits per heavy atom. The first-order valence-corrected chi connectivity index (χ1v) is 9.36. The summed E-state index contributed by atoms with van der Waals surface area (Å²) in [6.07, 6.45) is 4.38. The maximum atomic E-state index is 10.8. The molecule has 1 fully saturated rings. The van der Waals surface area contributed by atoms with Gasteiger partial charge in [0.05, 0.1) is 4.88 Å². The van der Waals surface area contributed by atoms with Crippen LogP contribution in [-0.4, -0.2) is 37.7 Å². The molecule has 7 heteroatoms. The van der Waals surface area contributed by atoms with E-state index in [0.29, 0.717) is 0 Å². The average Bonchev–Trinajstić information content (AvgIpc) is 3.27. The van der Waals surface area contributed by atoms with Gasteiger partial charge in [0, 0.05) is 6.42 Å². The van der Waals surface area contributed by atoms with Gasteiger partial charge in [-0.05, 0) is 45.0 Å². The number of aromatic nitrogens is 3. The van der Waals surface area contributed by atoms with Gasteiger partial charge in [-0.2, -0.15) is 4.52 Å². The van der Waals surface area contributed by atoms with E-state index in [1.807, 2.05) is 26.0 Å². The Hall–Kier alpha value is -1.86. The van der Waals surface area contributed by atoms with Crippen LogP contribution in [0.3, 0.4) is 0 Å². The molecule has 6 nitrogen and oxygen atoms in total. The van der Waals surface area contributed by atoms with Crippen LogP contribution in [0.2, 0.25) is 0 Å². The Balaban J connectivity index is 1.80. The topological polar surface area (TPSA) is 66.8 Å². The van der Waals surface area contributed by atoms with Crippen molar-refractivity contribution in [3.63, 3.8) is 0 Å². The van der Waals surface area contributed by atoms with Crippen LogP contribution < -0.4 is 0 Å². The number of hydrogen-bond acceptors (Lipinski definition) is 6. The van der Waals surface area contributed by atoms with Crippen molar-refractivity contribution in [2.75, 3.05) is 13.1 Å². The first kappa shape index (κ1) is 15.7. The highest BCUT2D eigenvalue weighted by atomic mass is 32.1. The molecule has 1 aliphatic rings. The molecule has 1 saturated heterocycles. The summed E-state index contributed by atoms with van der Waals surface area (Å²) in [7, 11) is 0. The molecule has 4 rings (SSSR count). The summed E-state index contributed by atoms with van der Waals surface area (Å²) in [6, 6.07) is 3.93. The number of fused-ring (bicyclic) bond motifs is 1. The van der Waals surface area contributed by atoms with Crippen LogP contribution >= 0.6 is 11.3 Å². The summed E-state index contributed by atoms with van der Waals surface area (Å²) in [5, 5.41) is 15.2. The molecule has 0 radical (unpaired) electrons. The van der Waals surface area contributed by atoms with Gasteiger partial charge in [-0.15, -0.1) is 5.10 Å². The molecule has 1 unspecified atom stereocenters. The fourth-order valence-corrected chi connectivity index (χ4v) is 4.49. The Morgan fingerprint density at radius 3 is 2.71 bits per heavy atom. The van der Waals surface area contributed by atoms with E-state index >= 15 is 0 Å². The lowest BCUT2D eigenvalue weighted by Gasteiger charge is -2.32. The smallest absolute Gasteiger partial charge is 0.230 e. The zero-order chi connectivity index (χ0) is 16.7. The highest BCUT2D eigenvalue weighted by Crippen LogP contribution is 2.41. The minimum absolute atomic E-state index is 0.0717. The predicted octanol–water partition coefficient (Wildman–Crippen LogP) is 3.54. The van der Waals surface area contributed by atoms with E-state index in [0.717, 1.165) is 46.7 Å². The standard InChI is InChI=1S/C17H22N4O2S/c1-3-13-18-17-21(19-13)16(22)15(24-17)14(12-8-7-11(2)23-12)20-9-5-4-6-10-20/h7-8,14,22H,3-6,9-10H2,1-2H3. The molecule has 128 valence electrons. The molecule has 1 N–H and O–H groups in total. The number of rotatable bonds is 4. The Morgan fingerprint density at radius 1 is 1.29 bits per heavy atom. The van der Waals surface area contributed by atoms with Gasteiger partial charge in [0.25, 0.3) is 0 Å². The molecule has 0 amide bonds. The number of nitrogens with zero attached hydrogens (tertiary/aromatic N) is 4. The Bertz CT molecular complexity index is 844. The molecule has 1 atom stereocenters. The Kier molecular flexibility index (Phi) is 4.05. The third-order valence-electron chi connectivity index (χ3n) is 4.59. The van der Waals surface area contributed by atoms with Crippen molar-refractivity contribution in [3.8, 4) is 5.88 Å². The van der Waals surface area contributed by atoms with Crippen molar-refractivity contribution in [1.29, 1.82) is 0 Å². The van der Waals surface area contributed by atoms with E-state index in [1.165, 1.54) is 30.6 Å². The predicted molar refractivity (Wildman–Crippen MR) is 92.6 cm³/mol. The number of aromatic hydroxyl groups is 1. The monoisotopic (exact) mass is 346 g/mol. The third-order valence-corrected chi connectivity index (χ3v) is 5.67. The summed E-state index contributed by atoms with van der Waals surface area (Å²) in [4.78, 5) is 8.50. The maximum Gasteiger partial charge on any atom is 0.230 e. The zero-order valence-corrected chi connectivity index (χ0v) is 14.8. The second kappa shape index (κ2) is 6.22. The van der Waals surface area contributed by atoms with Crippen molar-refractivity contribution in [2.24, 2.45) is 0 Å². The van der Waals surface area contributed by atoms with Gasteiger partial charge in [0.15, 0.2) is 5.82 Å². The lowest BCUT2D eigenvalue weighted by molar-refractivity contribution is 0.168. The number of hydrogen-bond donors (Lipinski definition) is 1. The van der Waals surface area contributed by atoms with Gasteiger partial charge < -0.3 is 9.52 Å². The molecule has 0 bridgehead atoms. The second-order valence-electron chi connectivity index (χ2n) is 6.31. The molecule has 0 aromatic carbocycles. The fraction of sp³-hybridized carbons (Fsp3) is 0.529. The van der Waals surface area contributed by atoms with Crippen molar-refractivity contribution in [3.05, 3.63) is 34.4 Å². The third kappa shape index (κ3) is 2.61. The van der Waals surface area contributed by atoms with Gasteiger partial charge in [0.2, 0.25) is 10.8 Å². The first-order valence-electron chi connectivity index (χ1n) is 8.55. The number of aryl methyl sites for hydroxylation is 2. The van der Waals surface area contributed by atoms with Gasteiger partial charge in [-0.25, -0.2) is 4.98 Å². The van der Waals surface area contributed by atoms with Crippen molar-refractivity contribution < 1.29 is 9.52 Å². The van der Waals surface area contributed by atoms with Gasteiger partial charge in [-0.3, -0.25) is 4.90 Å². The SMILES string of the molecule is CCc1nc2sc(C(c3ccc(C)o3)N3CCCCC3)c(O)n2n1. The van der Waals surface area contributed by atoms with E-state index in [-0.39, 0.29) is 11.9 Å². The van der Waals surface area contributed by atoms with Crippen LogP contribution in [0.25, 0.3) is 4.96 Å². The molecule has 4 heterocycles. The summed E-state index contributed by atoms with van der Waals surface area (Å²) >= 11 is 1.50. The number of likely N-dealkylation sites (tertiary alicyclic amines) is 1. The molecule has 0 spiro atoms. The average molecular weight is 346 g/mol. The Labute approximate surface area is 144 Å². The molecule has 0 aliphatic carbocycles. The van der Waals surface area contributed by atoms with E-state index in [9.17, 15) is 5.11 Å².